The van der Waals surface area contributed by atoms with Gasteiger partial charge in [0.25, 0.3) is 5.91 Å². The second kappa shape index (κ2) is 11.1. The van der Waals surface area contributed by atoms with Crippen LogP contribution in [0.4, 0.5) is 5.69 Å². The highest BCUT2D eigenvalue weighted by Crippen LogP contribution is 2.10. The number of carbonyl (C=O) groups is 4. The SMILES string of the molecule is COC(=O)[C@@H](CCSC)NC(=O)c1ccc(NC(=O)CNC(C)=O)cc1. The first-order chi connectivity index (χ1) is 12.4. The van der Waals surface area contributed by atoms with Gasteiger partial charge in [0, 0.05) is 18.2 Å². The molecule has 1 aromatic rings. The van der Waals surface area contributed by atoms with E-state index in [-0.39, 0.29) is 18.4 Å². The summed E-state index contributed by atoms with van der Waals surface area (Å²) >= 11 is 1.57. The Labute approximate surface area is 156 Å². The average Bonchev–Trinajstić information content (AvgIpc) is 2.63. The number of nitrogens with one attached hydrogen (secondary N) is 3. The first-order valence-corrected chi connectivity index (χ1v) is 9.28. The van der Waals surface area contributed by atoms with Crippen molar-refractivity contribution in [1.82, 2.24) is 10.6 Å². The van der Waals surface area contributed by atoms with E-state index in [1.54, 1.807) is 23.9 Å². The molecule has 0 spiro atoms. The molecule has 1 aromatic carbocycles. The molecule has 1 atom stereocenters. The summed E-state index contributed by atoms with van der Waals surface area (Å²) in [4.78, 5) is 46.4. The average molecular weight is 381 g/mol. The fraction of sp³-hybridized carbons (Fsp3) is 0.412. The molecule has 0 fully saturated rings. The van der Waals surface area contributed by atoms with E-state index >= 15 is 0 Å². The van der Waals surface area contributed by atoms with Crippen LogP contribution in [0, 0.1) is 0 Å². The smallest absolute Gasteiger partial charge is 0.328 e. The summed E-state index contributed by atoms with van der Waals surface area (Å²) in [5, 5.41) is 7.64. The van der Waals surface area contributed by atoms with Gasteiger partial charge in [-0.3, -0.25) is 14.4 Å². The van der Waals surface area contributed by atoms with Crippen molar-refractivity contribution in [2.75, 3.05) is 31.0 Å². The van der Waals surface area contributed by atoms with Gasteiger partial charge in [0.05, 0.1) is 13.7 Å². The number of hydrogen-bond donors (Lipinski definition) is 3. The number of thioether (sulfide) groups is 1. The summed E-state index contributed by atoms with van der Waals surface area (Å²) in [6.45, 7) is 1.19. The van der Waals surface area contributed by atoms with Crippen LogP contribution >= 0.6 is 11.8 Å². The molecule has 9 heteroatoms. The lowest BCUT2D eigenvalue weighted by molar-refractivity contribution is -0.142. The van der Waals surface area contributed by atoms with Gasteiger partial charge < -0.3 is 20.7 Å². The Morgan fingerprint density at radius 1 is 1.15 bits per heavy atom. The van der Waals surface area contributed by atoms with Crippen molar-refractivity contribution in [3.8, 4) is 0 Å². The maximum absolute atomic E-state index is 12.3. The van der Waals surface area contributed by atoms with Crippen molar-refractivity contribution >= 4 is 41.1 Å². The van der Waals surface area contributed by atoms with Crippen LogP contribution in [0.1, 0.15) is 23.7 Å². The summed E-state index contributed by atoms with van der Waals surface area (Å²) in [6.07, 6.45) is 2.38. The molecule has 0 unspecified atom stereocenters. The molecule has 142 valence electrons. The molecule has 0 bridgehead atoms. The van der Waals surface area contributed by atoms with E-state index in [1.165, 1.54) is 26.2 Å². The number of carbonyl (C=O) groups excluding carboxylic acids is 4. The Balaban J connectivity index is 2.65. The molecule has 1 rings (SSSR count). The second-order valence-corrected chi connectivity index (χ2v) is 6.35. The molecular weight excluding hydrogens is 358 g/mol. The lowest BCUT2D eigenvalue weighted by Crippen LogP contribution is -2.41. The monoisotopic (exact) mass is 381 g/mol. The first kappa shape index (κ1) is 21.5. The van der Waals surface area contributed by atoms with Crippen LogP contribution in [0.2, 0.25) is 0 Å². The van der Waals surface area contributed by atoms with Crippen LogP contribution in [0.15, 0.2) is 24.3 Å². The highest BCUT2D eigenvalue weighted by molar-refractivity contribution is 7.98. The van der Waals surface area contributed by atoms with Gasteiger partial charge in [-0.05, 0) is 42.7 Å². The van der Waals surface area contributed by atoms with Gasteiger partial charge in [0.15, 0.2) is 0 Å². The minimum absolute atomic E-state index is 0.131. The number of esters is 1. The zero-order chi connectivity index (χ0) is 19.5. The molecule has 0 aliphatic rings. The standard InChI is InChI=1S/C17H23N3O5S/c1-11(21)18-10-15(22)19-13-6-4-12(5-7-13)16(23)20-14(8-9-26-3)17(24)25-2/h4-7,14H,8-10H2,1-3H3,(H,18,21)(H,19,22)(H,20,23)/t14-/m1/s1. The number of hydrogen-bond acceptors (Lipinski definition) is 6. The molecule has 3 amide bonds. The highest BCUT2D eigenvalue weighted by Gasteiger charge is 2.21. The molecule has 3 N–H and O–H groups in total. The Kier molecular flexibility index (Phi) is 9.21. The van der Waals surface area contributed by atoms with Crippen molar-refractivity contribution in [2.24, 2.45) is 0 Å². The lowest BCUT2D eigenvalue weighted by atomic mass is 10.1. The fourth-order valence-corrected chi connectivity index (χ4v) is 2.45. The summed E-state index contributed by atoms with van der Waals surface area (Å²) in [7, 11) is 1.28. The van der Waals surface area contributed by atoms with Crippen LogP contribution in [0.25, 0.3) is 0 Å². The van der Waals surface area contributed by atoms with Crippen LogP contribution < -0.4 is 16.0 Å². The number of ether oxygens (including phenoxy) is 1. The molecule has 0 aliphatic carbocycles. The summed E-state index contributed by atoms with van der Waals surface area (Å²) < 4.78 is 4.71. The van der Waals surface area contributed by atoms with Crippen molar-refractivity contribution in [1.29, 1.82) is 0 Å². The predicted molar refractivity (Wildman–Crippen MR) is 100 cm³/mol. The first-order valence-electron chi connectivity index (χ1n) is 7.89. The largest absolute Gasteiger partial charge is 0.467 e. The van der Waals surface area contributed by atoms with Crippen LogP contribution in [-0.2, 0) is 19.1 Å². The Morgan fingerprint density at radius 3 is 2.35 bits per heavy atom. The fourth-order valence-electron chi connectivity index (χ4n) is 1.98. The normalized spacial score (nSPS) is 11.2. The molecule has 0 heterocycles. The Bertz CT molecular complexity index is 648. The molecule has 26 heavy (non-hydrogen) atoms. The third kappa shape index (κ3) is 7.56. The number of methoxy groups -OCH3 is 1. The summed E-state index contributed by atoms with van der Waals surface area (Å²) in [5.41, 5.74) is 0.840. The van der Waals surface area contributed by atoms with Gasteiger partial charge in [0.1, 0.15) is 6.04 Å². The van der Waals surface area contributed by atoms with Gasteiger partial charge in [-0.1, -0.05) is 0 Å². The lowest BCUT2D eigenvalue weighted by Gasteiger charge is -2.16. The molecule has 0 radical (unpaired) electrons. The number of amides is 3. The minimum Gasteiger partial charge on any atom is -0.467 e. The minimum atomic E-state index is -0.711. The molecule has 0 saturated carbocycles. The number of benzene rings is 1. The van der Waals surface area contributed by atoms with Crippen molar-refractivity contribution in [2.45, 2.75) is 19.4 Å². The van der Waals surface area contributed by atoms with Crippen LogP contribution in [-0.4, -0.2) is 55.4 Å². The van der Waals surface area contributed by atoms with E-state index in [4.69, 9.17) is 4.74 Å². The van der Waals surface area contributed by atoms with Crippen LogP contribution in [0.3, 0.4) is 0 Å². The van der Waals surface area contributed by atoms with E-state index in [0.717, 1.165) is 0 Å². The number of rotatable bonds is 9. The second-order valence-electron chi connectivity index (χ2n) is 5.37. The Hall–Kier alpha value is -2.55. The quantitative estimate of drug-likeness (QED) is 0.545. The zero-order valence-electron chi connectivity index (χ0n) is 15.0. The number of anilines is 1. The van der Waals surface area contributed by atoms with Gasteiger partial charge in [-0.15, -0.1) is 0 Å². The van der Waals surface area contributed by atoms with E-state index in [1.807, 2.05) is 6.26 Å². The zero-order valence-corrected chi connectivity index (χ0v) is 15.8. The highest BCUT2D eigenvalue weighted by atomic mass is 32.2. The summed E-state index contributed by atoms with van der Waals surface area (Å²) in [5.74, 6) is -0.861. The van der Waals surface area contributed by atoms with Crippen molar-refractivity contribution in [3.05, 3.63) is 29.8 Å². The maximum atomic E-state index is 12.3. The molecule has 0 aliphatic heterocycles. The van der Waals surface area contributed by atoms with E-state index in [9.17, 15) is 19.2 Å². The van der Waals surface area contributed by atoms with Gasteiger partial charge in [-0.2, -0.15) is 11.8 Å². The van der Waals surface area contributed by atoms with E-state index in [0.29, 0.717) is 23.4 Å². The topological polar surface area (TPSA) is 114 Å². The van der Waals surface area contributed by atoms with Gasteiger partial charge in [-0.25, -0.2) is 4.79 Å². The van der Waals surface area contributed by atoms with Crippen LogP contribution in [0.5, 0.6) is 0 Å². The van der Waals surface area contributed by atoms with Gasteiger partial charge in [0.2, 0.25) is 11.8 Å². The molecule has 8 nitrogen and oxygen atoms in total. The molecular formula is C17H23N3O5S. The van der Waals surface area contributed by atoms with Crippen molar-refractivity contribution < 1.29 is 23.9 Å². The van der Waals surface area contributed by atoms with Gasteiger partial charge >= 0.3 is 5.97 Å². The maximum Gasteiger partial charge on any atom is 0.328 e. The third-order valence-corrected chi connectivity index (χ3v) is 3.97. The van der Waals surface area contributed by atoms with Crippen molar-refractivity contribution in [3.63, 3.8) is 0 Å². The summed E-state index contributed by atoms with van der Waals surface area (Å²) in [6, 6.07) is 5.49. The van der Waals surface area contributed by atoms with E-state index < -0.39 is 17.9 Å². The molecule has 0 aromatic heterocycles. The predicted octanol–water partition coefficient (Wildman–Crippen LogP) is 0.786. The Morgan fingerprint density at radius 2 is 1.81 bits per heavy atom. The third-order valence-electron chi connectivity index (χ3n) is 3.33. The molecule has 0 saturated heterocycles. The van der Waals surface area contributed by atoms with E-state index in [2.05, 4.69) is 16.0 Å².